The SMILES string of the molecule is Cc1ccc(C)c(NC(=O)CN2C(=O)N[C@](C)(Cc3ccc4c(c3)OCO4)C2=O)c1. The number of carbonyl (C=O) groups excluding carboxylic acids is 3. The molecule has 2 N–H and O–H groups in total. The molecule has 0 bridgehead atoms. The van der Waals surface area contributed by atoms with E-state index in [1.165, 1.54) is 0 Å². The number of hydrogen-bond acceptors (Lipinski definition) is 5. The average Bonchev–Trinajstić information content (AvgIpc) is 3.23. The molecule has 0 aliphatic carbocycles. The Hall–Kier alpha value is -3.55. The van der Waals surface area contributed by atoms with Gasteiger partial charge in [0.1, 0.15) is 12.1 Å². The highest BCUT2D eigenvalue weighted by Crippen LogP contribution is 2.34. The average molecular weight is 409 g/mol. The van der Waals surface area contributed by atoms with Gasteiger partial charge < -0.3 is 20.1 Å². The van der Waals surface area contributed by atoms with Gasteiger partial charge >= 0.3 is 6.03 Å². The maximum atomic E-state index is 13.0. The lowest BCUT2D eigenvalue weighted by atomic mass is 9.92. The van der Waals surface area contributed by atoms with E-state index in [0.717, 1.165) is 21.6 Å². The molecule has 2 aliphatic heterocycles. The number of anilines is 1. The number of hydrogen-bond donors (Lipinski definition) is 2. The summed E-state index contributed by atoms with van der Waals surface area (Å²) in [6.45, 7) is 5.27. The van der Waals surface area contributed by atoms with Gasteiger partial charge in [0.15, 0.2) is 11.5 Å². The van der Waals surface area contributed by atoms with Gasteiger partial charge in [0.2, 0.25) is 12.7 Å². The van der Waals surface area contributed by atoms with Gasteiger partial charge in [0.25, 0.3) is 5.91 Å². The molecule has 1 fully saturated rings. The zero-order valence-electron chi connectivity index (χ0n) is 17.1. The Balaban J connectivity index is 1.45. The molecule has 2 aromatic carbocycles. The van der Waals surface area contributed by atoms with E-state index >= 15 is 0 Å². The lowest BCUT2D eigenvalue weighted by molar-refractivity contribution is -0.133. The van der Waals surface area contributed by atoms with Crippen molar-refractivity contribution < 1.29 is 23.9 Å². The molecular weight excluding hydrogens is 386 g/mol. The highest BCUT2D eigenvalue weighted by atomic mass is 16.7. The minimum absolute atomic E-state index is 0.162. The molecule has 1 saturated heterocycles. The van der Waals surface area contributed by atoms with Crippen molar-refractivity contribution in [3.8, 4) is 11.5 Å². The fraction of sp³-hybridized carbons (Fsp3) is 0.318. The third kappa shape index (κ3) is 3.68. The van der Waals surface area contributed by atoms with Crippen LogP contribution in [-0.4, -0.2) is 41.6 Å². The van der Waals surface area contributed by atoms with Gasteiger partial charge in [-0.1, -0.05) is 18.2 Å². The number of fused-ring (bicyclic) bond motifs is 1. The molecule has 4 rings (SSSR count). The Labute approximate surface area is 174 Å². The van der Waals surface area contributed by atoms with Gasteiger partial charge in [0.05, 0.1) is 0 Å². The van der Waals surface area contributed by atoms with Crippen molar-refractivity contribution in [1.29, 1.82) is 0 Å². The van der Waals surface area contributed by atoms with E-state index in [2.05, 4.69) is 10.6 Å². The van der Waals surface area contributed by atoms with Crippen molar-refractivity contribution in [1.82, 2.24) is 10.2 Å². The summed E-state index contributed by atoms with van der Waals surface area (Å²) < 4.78 is 10.7. The number of ether oxygens (including phenoxy) is 2. The third-order valence-corrected chi connectivity index (χ3v) is 5.31. The first kappa shape index (κ1) is 19.8. The number of amides is 4. The van der Waals surface area contributed by atoms with Gasteiger partial charge in [-0.15, -0.1) is 0 Å². The summed E-state index contributed by atoms with van der Waals surface area (Å²) in [6.07, 6.45) is 0.267. The van der Waals surface area contributed by atoms with Crippen molar-refractivity contribution in [2.24, 2.45) is 0 Å². The van der Waals surface area contributed by atoms with Gasteiger partial charge in [-0.05, 0) is 55.7 Å². The van der Waals surface area contributed by atoms with E-state index in [4.69, 9.17) is 9.47 Å². The molecule has 30 heavy (non-hydrogen) atoms. The zero-order chi connectivity index (χ0) is 21.5. The van der Waals surface area contributed by atoms with E-state index in [9.17, 15) is 14.4 Å². The quantitative estimate of drug-likeness (QED) is 0.740. The van der Waals surface area contributed by atoms with Crippen LogP contribution in [0.4, 0.5) is 10.5 Å². The first-order valence-corrected chi connectivity index (χ1v) is 9.65. The largest absolute Gasteiger partial charge is 0.454 e. The summed E-state index contributed by atoms with van der Waals surface area (Å²) in [7, 11) is 0. The van der Waals surface area contributed by atoms with Crippen LogP contribution >= 0.6 is 0 Å². The van der Waals surface area contributed by atoms with Crippen molar-refractivity contribution in [3.05, 3.63) is 53.1 Å². The van der Waals surface area contributed by atoms with Crippen LogP contribution in [0.5, 0.6) is 11.5 Å². The molecule has 0 radical (unpaired) electrons. The predicted octanol–water partition coefficient (Wildman–Crippen LogP) is 2.52. The lowest BCUT2D eigenvalue weighted by Crippen LogP contribution is -2.46. The van der Waals surface area contributed by atoms with Crippen molar-refractivity contribution in [3.63, 3.8) is 0 Å². The monoisotopic (exact) mass is 409 g/mol. The predicted molar refractivity (Wildman–Crippen MR) is 109 cm³/mol. The van der Waals surface area contributed by atoms with Crippen LogP contribution in [0.1, 0.15) is 23.6 Å². The molecule has 156 valence electrons. The topological polar surface area (TPSA) is 97.0 Å². The van der Waals surface area contributed by atoms with Crippen LogP contribution in [-0.2, 0) is 16.0 Å². The second-order valence-corrected chi connectivity index (χ2v) is 7.88. The van der Waals surface area contributed by atoms with E-state index in [-0.39, 0.29) is 19.8 Å². The van der Waals surface area contributed by atoms with Crippen molar-refractivity contribution in [2.75, 3.05) is 18.7 Å². The van der Waals surface area contributed by atoms with Gasteiger partial charge in [-0.3, -0.25) is 14.5 Å². The molecule has 0 unspecified atom stereocenters. The van der Waals surface area contributed by atoms with E-state index in [1.54, 1.807) is 19.1 Å². The second-order valence-electron chi connectivity index (χ2n) is 7.88. The Morgan fingerprint density at radius 3 is 2.70 bits per heavy atom. The van der Waals surface area contributed by atoms with Crippen LogP contribution < -0.4 is 20.1 Å². The minimum Gasteiger partial charge on any atom is -0.454 e. The van der Waals surface area contributed by atoms with E-state index in [0.29, 0.717) is 17.2 Å². The number of carbonyl (C=O) groups is 3. The van der Waals surface area contributed by atoms with Crippen LogP contribution in [0.3, 0.4) is 0 Å². The normalized spacial score (nSPS) is 19.8. The number of benzene rings is 2. The summed E-state index contributed by atoms with van der Waals surface area (Å²) in [6, 6.07) is 10.5. The Kier molecular flexibility index (Phi) is 4.85. The zero-order valence-corrected chi connectivity index (χ0v) is 17.1. The van der Waals surface area contributed by atoms with E-state index in [1.807, 2.05) is 38.1 Å². The molecule has 2 heterocycles. The Morgan fingerprint density at radius 1 is 1.13 bits per heavy atom. The first-order chi connectivity index (χ1) is 14.2. The van der Waals surface area contributed by atoms with Gasteiger partial charge in [-0.2, -0.15) is 0 Å². The Morgan fingerprint density at radius 2 is 1.90 bits per heavy atom. The third-order valence-electron chi connectivity index (χ3n) is 5.31. The number of nitrogens with zero attached hydrogens (tertiary/aromatic N) is 1. The van der Waals surface area contributed by atoms with Crippen LogP contribution in [0.2, 0.25) is 0 Å². The minimum atomic E-state index is -1.15. The maximum Gasteiger partial charge on any atom is 0.325 e. The summed E-state index contributed by atoms with van der Waals surface area (Å²) in [5.41, 5.74) is 2.23. The highest BCUT2D eigenvalue weighted by molar-refractivity contribution is 6.10. The molecule has 0 saturated carbocycles. The summed E-state index contributed by atoms with van der Waals surface area (Å²) >= 11 is 0. The standard InChI is InChI=1S/C22H23N3O5/c1-13-4-5-14(2)16(8-13)23-19(26)11-25-20(27)22(3,24-21(25)28)10-15-6-7-17-18(9-15)30-12-29-17/h4-9H,10-12H2,1-3H3,(H,23,26)(H,24,28)/t22-/m1/s1. The van der Waals surface area contributed by atoms with Crippen LogP contribution in [0, 0.1) is 13.8 Å². The molecule has 1 atom stereocenters. The van der Waals surface area contributed by atoms with Crippen LogP contribution in [0.25, 0.3) is 0 Å². The number of imide groups is 1. The summed E-state index contributed by atoms with van der Waals surface area (Å²) in [5, 5.41) is 5.50. The fourth-order valence-corrected chi connectivity index (χ4v) is 3.67. The van der Waals surface area contributed by atoms with Gasteiger partial charge in [0, 0.05) is 12.1 Å². The molecule has 0 spiro atoms. The summed E-state index contributed by atoms with van der Waals surface area (Å²) in [4.78, 5) is 38.9. The maximum absolute atomic E-state index is 13.0. The smallest absolute Gasteiger partial charge is 0.325 e. The second kappa shape index (κ2) is 7.37. The van der Waals surface area contributed by atoms with Crippen LogP contribution in [0.15, 0.2) is 36.4 Å². The highest BCUT2D eigenvalue weighted by Gasteiger charge is 2.48. The molecule has 8 heteroatoms. The first-order valence-electron chi connectivity index (χ1n) is 9.65. The molecule has 4 amide bonds. The molecule has 8 nitrogen and oxygen atoms in total. The number of nitrogens with one attached hydrogen (secondary N) is 2. The Bertz CT molecular complexity index is 1050. The van der Waals surface area contributed by atoms with E-state index < -0.39 is 23.4 Å². The van der Waals surface area contributed by atoms with Crippen molar-refractivity contribution in [2.45, 2.75) is 32.7 Å². The molecular formula is C22H23N3O5. The molecule has 2 aliphatic rings. The number of rotatable bonds is 5. The number of aryl methyl sites for hydroxylation is 2. The van der Waals surface area contributed by atoms with Crippen molar-refractivity contribution >= 4 is 23.5 Å². The fourth-order valence-electron chi connectivity index (χ4n) is 3.67. The molecule has 2 aromatic rings. The number of urea groups is 1. The van der Waals surface area contributed by atoms with Gasteiger partial charge in [-0.25, -0.2) is 4.79 Å². The molecule has 0 aromatic heterocycles. The summed E-state index contributed by atoms with van der Waals surface area (Å²) in [5.74, 6) is 0.383. The lowest BCUT2D eigenvalue weighted by Gasteiger charge is -2.22.